The smallest absolute Gasteiger partial charge is 0.0897 e. The summed E-state index contributed by atoms with van der Waals surface area (Å²) in [5.74, 6) is 0. The zero-order valence-corrected chi connectivity index (χ0v) is 11.2. The molecule has 1 heterocycles. The Bertz CT molecular complexity index is 182. The fourth-order valence-electron chi connectivity index (χ4n) is 2.40. The Balaban J connectivity index is 2.12. The lowest BCUT2D eigenvalue weighted by molar-refractivity contribution is 0.0626. The predicted molar refractivity (Wildman–Crippen MR) is 70.2 cm³/mol. The molecule has 1 aliphatic rings. The molecule has 0 aromatic heterocycles. The van der Waals surface area contributed by atoms with Crippen LogP contribution in [-0.4, -0.2) is 50.1 Å². The molecular weight excluding hydrogens is 216 g/mol. The van der Waals surface area contributed by atoms with Crippen LogP contribution in [0.25, 0.3) is 0 Å². The van der Waals surface area contributed by atoms with E-state index in [1.165, 1.54) is 25.7 Å². The third-order valence-corrected chi connectivity index (χ3v) is 3.36. The minimum atomic E-state index is -0.399. The second-order valence-electron chi connectivity index (χ2n) is 5.15. The fraction of sp³-hybridized carbons (Fsp3) is 1.00. The highest BCUT2D eigenvalue weighted by molar-refractivity contribution is 4.76. The maximum absolute atomic E-state index is 9.55. The number of nitrogens with one attached hydrogen (secondary N) is 2. The summed E-state index contributed by atoms with van der Waals surface area (Å²) in [5.41, 5.74) is 0. The van der Waals surface area contributed by atoms with Crippen LogP contribution in [0, 0.1) is 0 Å². The van der Waals surface area contributed by atoms with Crippen LogP contribution in [0.5, 0.6) is 0 Å². The van der Waals surface area contributed by atoms with Crippen molar-refractivity contribution in [2.45, 2.75) is 57.2 Å². The van der Waals surface area contributed by atoms with Crippen LogP contribution in [0.3, 0.4) is 0 Å². The second-order valence-corrected chi connectivity index (χ2v) is 5.15. The molecule has 102 valence electrons. The quantitative estimate of drug-likeness (QED) is 0.623. The molecule has 0 bridgehead atoms. The van der Waals surface area contributed by atoms with Crippen LogP contribution in [0.4, 0.5) is 0 Å². The number of rotatable bonds is 7. The molecule has 1 aliphatic heterocycles. The largest absolute Gasteiger partial charge is 0.389 e. The summed E-state index contributed by atoms with van der Waals surface area (Å²) in [5, 5.41) is 16.5. The Morgan fingerprint density at radius 2 is 2.24 bits per heavy atom. The van der Waals surface area contributed by atoms with Gasteiger partial charge in [0.05, 0.1) is 12.7 Å². The Morgan fingerprint density at radius 1 is 1.41 bits per heavy atom. The first-order valence-corrected chi connectivity index (χ1v) is 6.86. The number of ether oxygens (including phenoxy) is 1. The number of hydrogen-bond acceptors (Lipinski definition) is 4. The first-order chi connectivity index (χ1) is 8.22. The van der Waals surface area contributed by atoms with Crippen LogP contribution in [0.1, 0.15) is 39.0 Å². The molecule has 0 amide bonds. The van der Waals surface area contributed by atoms with Crippen molar-refractivity contribution < 1.29 is 9.84 Å². The van der Waals surface area contributed by atoms with Crippen molar-refractivity contribution in [2.75, 3.05) is 26.8 Å². The van der Waals surface area contributed by atoms with E-state index in [1.54, 1.807) is 7.11 Å². The van der Waals surface area contributed by atoms with Gasteiger partial charge in [-0.25, -0.2) is 0 Å². The number of aliphatic hydroxyl groups excluding tert-OH is 1. The van der Waals surface area contributed by atoms with E-state index < -0.39 is 6.10 Å². The normalized spacial score (nSPS) is 25.2. The summed E-state index contributed by atoms with van der Waals surface area (Å²) < 4.78 is 4.90. The summed E-state index contributed by atoms with van der Waals surface area (Å²) in [6.45, 7) is 4.36. The fourth-order valence-corrected chi connectivity index (χ4v) is 2.40. The Labute approximate surface area is 105 Å². The van der Waals surface area contributed by atoms with Crippen molar-refractivity contribution in [3.05, 3.63) is 0 Å². The molecule has 0 aliphatic carbocycles. The van der Waals surface area contributed by atoms with Crippen molar-refractivity contribution in [1.82, 2.24) is 10.6 Å². The summed E-state index contributed by atoms with van der Waals surface area (Å²) in [6.07, 6.45) is 6.04. The lowest BCUT2D eigenvalue weighted by Gasteiger charge is -2.22. The minimum absolute atomic E-state index is 0.399. The average Bonchev–Trinajstić information content (AvgIpc) is 2.55. The lowest BCUT2D eigenvalue weighted by Crippen LogP contribution is -2.40. The van der Waals surface area contributed by atoms with E-state index >= 15 is 0 Å². The van der Waals surface area contributed by atoms with Crippen molar-refractivity contribution in [3.8, 4) is 0 Å². The van der Waals surface area contributed by atoms with E-state index in [2.05, 4.69) is 17.6 Å². The molecule has 3 unspecified atom stereocenters. The van der Waals surface area contributed by atoms with Gasteiger partial charge in [-0.15, -0.1) is 0 Å². The SMILES string of the molecule is COCC(O)CNC(C)CC1CCCCCN1. The summed E-state index contributed by atoms with van der Waals surface area (Å²) in [7, 11) is 1.61. The van der Waals surface area contributed by atoms with Crippen molar-refractivity contribution in [2.24, 2.45) is 0 Å². The Hall–Kier alpha value is -0.160. The van der Waals surface area contributed by atoms with Gasteiger partial charge < -0.3 is 20.5 Å². The van der Waals surface area contributed by atoms with Crippen molar-refractivity contribution >= 4 is 0 Å². The third kappa shape index (κ3) is 6.99. The monoisotopic (exact) mass is 244 g/mol. The Kier molecular flexibility index (Phi) is 7.77. The number of aliphatic hydroxyl groups is 1. The lowest BCUT2D eigenvalue weighted by atomic mass is 10.0. The van der Waals surface area contributed by atoms with Crippen LogP contribution in [0.15, 0.2) is 0 Å². The first-order valence-electron chi connectivity index (χ1n) is 6.86. The standard InChI is InChI=1S/C13H28N2O2/c1-11(15-9-13(16)10-17-2)8-12-6-4-3-5-7-14-12/h11-16H,3-10H2,1-2H3. The molecule has 3 atom stereocenters. The van der Waals surface area contributed by atoms with E-state index in [0.717, 1.165) is 13.0 Å². The van der Waals surface area contributed by atoms with Gasteiger partial charge in [-0.05, 0) is 32.7 Å². The van der Waals surface area contributed by atoms with E-state index in [0.29, 0.717) is 25.2 Å². The third-order valence-electron chi connectivity index (χ3n) is 3.36. The van der Waals surface area contributed by atoms with Crippen molar-refractivity contribution in [1.29, 1.82) is 0 Å². The molecule has 0 saturated carbocycles. The summed E-state index contributed by atoms with van der Waals surface area (Å²) in [6, 6.07) is 1.08. The highest BCUT2D eigenvalue weighted by Gasteiger charge is 2.15. The van der Waals surface area contributed by atoms with Gasteiger partial charge in [-0.3, -0.25) is 0 Å². The molecular formula is C13H28N2O2. The molecule has 1 fully saturated rings. The average molecular weight is 244 g/mol. The Morgan fingerprint density at radius 3 is 3.00 bits per heavy atom. The molecule has 4 nitrogen and oxygen atoms in total. The van der Waals surface area contributed by atoms with Gasteiger partial charge in [0.25, 0.3) is 0 Å². The van der Waals surface area contributed by atoms with Gasteiger partial charge in [0.15, 0.2) is 0 Å². The summed E-state index contributed by atoms with van der Waals surface area (Å²) >= 11 is 0. The molecule has 1 saturated heterocycles. The van der Waals surface area contributed by atoms with E-state index in [9.17, 15) is 5.11 Å². The molecule has 0 aromatic rings. The van der Waals surface area contributed by atoms with E-state index in [4.69, 9.17) is 4.74 Å². The predicted octanol–water partition coefficient (Wildman–Crippen LogP) is 0.894. The number of hydrogen-bond donors (Lipinski definition) is 3. The van der Waals surface area contributed by atoms with Gasteiger partial charge >= 0.3 is 0 Å². The maximum Gasteiger partial charge on any atom is 0.0897 e. The topological polar surface area (TPSA) is 53.5 Å². The molecule has 1 rings (SSSR count). The zero-order chi connectivity index (χ0) is 12.5. The molecule has 0 aromatic carbocycles. The molecule has 4 heteroatoms. The highest BCUT2D eigenvalue weighted by atomic mass is 16.5. The molecule has 0 spiro atoms. The second kappa shape index (κ2) is 8.86. The van der Waals surface area contributed by atoms with E-state index in [1.807, 2.05) is 0 Å². The van der Waals surface area contributed by atoms with Gasteiger partial charge in [0, 0.05) is 25.7 Å². The van der Waals surface area contributed by atoms with Crippen LogP contribution < -0.4 is 10.6 Å². The van der Waals surface area contributed by atoms with Gasteiger partial charge in [-0.2, -0.15) is 0 Å². The highest BCUT2D eigenvalue weighted by Crippen LogP contribution is 2.12. The molecule has 17 heavy (non-hydrogen) atoms. The zero-order valence-electron chi connectivity index (χ0n) is 11.2. The first kappa shape index (κ1) is 14.9. The summed E-state index contributed by atoms with van der Waals surface area (Å²) in [4.78, 5) is 0. The minimum Gasteiger partial charge on any atom is -0.389 e. The van der Waals surface area contributed by atoms with E-state index in [-0.39, 0.29) is 0 Å². The van der Waals surface area contributed by atoms with Crippen molar-refractivity contribution in [3.63, 3.8) is 0 Å². The molecule has 0 radical (unpaired) electrons. The number of methoxy groups -OCH3 is 1. The van der Waals surface area contributed by atoms with Crippen LogP contribution >= 0.6 is 0 Å². The van der Waals surface area contributed by atoms with Gasteiger partial charge in [0.2, 0.25) is 0 Å². The molecule has 3 N–H and O–H groups in total. The van der Waals surface area contributed by atoms with Crippen LogP contribution in [-0.2, 0) is 4.74 Å². The van der Waals surface area contributed by atoms with Crippen LogP contribution in [0.2, 0.25) is 0 Å². The van der Waals surface area contributed by atoms with Gasteiger partial charge in [0.1, 0.15) is 0 Å². The maximum atomic E-state index is 9.55. The van der Waals surface area contributed by atoms with Gasteiger partial charge in [-0.1, -0.05) is 12.8 Å².